The van der Waals surface area contributed by atoms with E-state index in [1.807, 2.05) is 13.8 Å². The van der Waals surface area contributed by atoms with Crippen LogP contribution in [-0.4, -0.2) is 36.4 Å². The molecule has 122 valence electrons. The molecule has 0 saturated carbocycles. The van der Waals surface area contributed by atoms with Crippen LogP contribution in [0.25, 0.3) is 0 Å². The Morgan fingerprint density at radius 3 is 2.41 bits per heavy atom. The highest BCUT2D eigenvalue weighted by Gasteiger charge is 2.49. The molecular formula is C14H20BF2NO4. The maximum absolute atomic E-state index is 14.3. The molecule has 5 nitrogen and oxygen atoms in total. The van der Waals surface area contributed by atoms with Crippen LogP contribution < -0.4 is 11.2 Å². The lowest BCUT2D eigenvalue weighted by Gasteiger charge is -2.39. The van der Waals surface area contributed by atoms with Crippen molar-refractivity contribution in [1.82, 2.24) is 0 Å². The predicted molar refractivity (Wildman–Crippen MR) is 77.4 cm³/mol. The van der Waals surface area contributed by atoms with Crippen LogP contribution in [0.3, 0.4) is 0 Å². The fourth-order valence-electron chi connectivity index (χ4n) is 2.96. The second-order valence-electron chi connectivity index (χ2n) is 5.00. The van der Waals surface area contributed by atoms with Crippen molar-refractivity contribution in [2.75, 3.05) is 13.2 Å². The molecule has 1 aliphatic carbocycles. The lowest BCUT2D eigenvalue weighted by Crippen LogP contribution is -2.51. The minimum absolute atomic E-state index is 0.165. The van der Waals surface area contributed by atoms with Crippen LogP contribution in [0.2, 0.25) is 0 Å². The lowest BCUT2D eigenvalue weighted by atomic mass is 9.74. The first-order chi connectivity index (χ1) is 10.5. The summed E-state index contributed by atoms with van der Waals surface area (Å²) in [7, 11) is -2.21. The van der Waals surface area contributed by atoms with Gasteiger partial charge in [0.25, 0.3) is 0 Å². The number of hydrogen-bond donors (Lipinski definition) is 3. The summed E-state index contributed by atoms with van der Waals surface area (Å²) in [5.41, 5.74) is 5.60. The van der Waals surface area contributed by atoms with Crippen molar-refractivity contribution < 1.29 is 28.3 Å². The van der Waals surface area contributed by atoms with Crippen LogP contribution in [-0.2, 0) is 21.7 Å². The van der Waals surface area contributed by atoms with Crippen molar-refractivity contribution in [3.8, 4) is 0 Å². The van der Waals surface area contributed by atoms with Crippen molar-refractivity contribution in [1.29, 1.82) is 0 Å². The van der Waals surface area contributed by atoms with Gasteiger partial charge < -0.3 is 25.3 Å². The Morgan fingerprint density at radius 2 is 1.86 bits per heavy atom. The molecule has 0 aromatic heterocycles. The number of nitrogens with two attached hydrogens (primary N) is 1. The Morgan fingerprint density at radius 1 is 1.27 bits per heavy atom. The average molecular weight is 315 g/mol. The van der Waals surface area contributed by atoms with Crippen molar-refractivity contribution in [2.45, 2.75) is 38.5 Å². The minimum atomic E-state index is -2.21. The molecule has 1 heterocycles. The third kappa shape index (κ3) is 2.55. The van der Waals surface area contributed by atoms with E-state index in [1.165, 1.54) is 0 Å². The van der Waals surface area contributed by atoms with Crippen molar-refractivity contribution in [3.05, 3.63) is 28.8 Å². The van der Waals surface area contributed by atoms with Crippen molar-refractivity contribution >= 4 is 12.6 Å². The third-order valence-electron chi connectivity index (χ3n) is 3.90. The minimum Gasteiger partial charge on any atom is -0.423 e. The quantitative estimate of drug-likeness (QED) is 0.642. The summed E-state index contributed by atoms with van der Waals surface area (Å²) in [6.45, 7) is 4.58. The fraction of sp³-hybridized carbons (Fsp3) is 0.571. The zero-order valence-electron chi connectivity index (χ0n) is 12.6. The zero-order chi connectivity index (χ0) is 16.5. The summed E-state index contributed by atoms with van der Waals surface area (Å²) in [5, 5.41) is 18.2. The van der Waals surface area contributed by atoms with Gasteiger partial charge in [0.1, 0.15) is 11.6 Å². The highest BCUT2D eigenvalue weighted by atomic mass is 19.1. The van der Waals surface area contributed by atoms with Gasteiger partial charge >= 0.3 is 7.12 Å². The second-order valence-corrected chi connectivity index (χ2v) is 5.00. The van der Waals surface area contributed by atoms with Crippen LogP contribution >= 0.6 is 0 Å². The van der Waals surface area contributed by atoms with E-state index in [9.17, 15) is 8.78 Å². The van der Waals surface area contributed by atoms with E-state index >= 15 is 0 Å². The SMILES string of the molecule is CC.NC1CCc2c(cc(F)c(B(O)O)c2F)C12OCCO2. The van der Waals surface area contributed by atoms with Gasteiger partial charge in [-0.1, -0.05) is 13.8 Å². The van der Waals surface area contributed by atoms with Gasteiger partial charge in [-0.3, -0.25) is 0 Å². The van der Waals surface area contributed by atoms with E-state index in [1.54, 1.807) is 0 Å². The predicted octanol–water partition coefficient (Wildman–Crippen LogP) is 0.144. The molecule has 0 bridgehead atoms. The molecule has 4 N–H and O–H groups in total. The molecular weight excluding hydrogens is 295 g/mol. The summed E-state index contributed by atoms with van der Waals surface area (Å²) in [6, 6.07) is 0.499. The van der Waals surface area contributed by atoms with Crippen LogP contribution in [0.1, 0.15) is 31.4 Å². The fourth-order valence-corrected chi connectivity index (χ4v) is 2.96. The number of ether oxygens (including phenoxy) is 2. The monoisotopic (exact) mass is 315 g/mol. The molecule has 0 radical (unpaired) electrons. The molecule has 0 amide bonds. The number of halogens is 2. The first kappa shape index (κ1) is 17.3. The van der Waals surface area contributed by atoms with Crippen LogP contribution in [0, 0.1) is 11.6 Å². The first-order valence-electron chi connectivity index (χ1n) is 7.38. The van der Waals surface area contributed by atoms with Gasteiger partial charge in [-0.15, -0.1) is 0 Å². The summed E-state index contributed by atoms with van der Waals surface area (Å²) < 4.78 is 39.3. The Hall–Kier alpha value is -1.06. The van der Waals surface area contributed by atoms with Gasteiger partial charge in [0.05, 0.1) is 24.7 Å². The van der Waals surface area contributed by atoms with Gasteiger partial charge in [0, 0.05) is 5.56 Å². The standard InChI is InChI=1S/C12H14BF2NO4.C2H6/c14-8-5-7-6(11(15)10(8)13(17)18)1-2-9(16)12(7)19-3-4-20-12;1-2/h5,9,17-18H,1-4,16H2;1-2H3. The number of fused-ring (bicyclic) bond motifs is 2. The molecule has 22 heavy (non-hydrogen) atoms. The van der Waals surface area contributed by atoms with E-state index in [4.69, 9.17) is 25.3 Å². The average Bonchev–Trinajstić information content (AvgIpc) is 2.96. The van der Waals surface area contributed by atoms with Gasteiger partial charge in [0.15, 0.2) is 0 Å². The Balaban J connectivity index is 0.000000847. The van der Waals surface area contributed by atoms with Crippen LogP contribution in [0.15, 0.2) is 6.07 Å². The highest BCUT2D eigenvalue weighted by molar-refractivity contribution is 6.58. The highest BCUT2D eigenvalue weighted by Crippen LogP contribution is 2.42. The summed E-state index contributed by atoms with van der Waals surface area (Å²) in [6.07, 6.45) is 0.660. The molecule has 1 fully saturated rings. The molecule has 1 aromatic carbocycles. The first-order valence-corrected chi connectivity index (χ1v) is 7.38. The van der Waals surface area contributed by atoms with Crippen LogP contribution in [0.4, 0.5) is 8.78 Å². The molecule has 2 aliphatic rings. The molecule has 1 spiro atoms. The van der Waals surface area contributed by atoms with Crippen LogP contribution in [0.5, 0.6) is 0 Å². The largest absolute Gasteiger partial charge is 0.494 e. The van der Waals surface area contributed by atoms with Gasteiger partial charge in [-0.25, -0.2) is 8.78 Å². The number of rotatable bonds is 1. The summed E-state index contributed by atoms with van der Waals surface area (Å²) >= 11 is 0. The van der Waals surface area contributed by atoms with E-state index in [-0.39, 0.29) is 17.5 Å². The van der Waals surface area contributed by atoms with E-state index < -0.39 is 36.0 Å². The van der Waals surface area contributed by atoms with Crippen molar-refractivity contribution in [3.63, 3.8) is 0 Å². The zero-order valence-corrected chi connectivity index (χ0v) is 12.6. The maximum Gasteiger partial charge on any atom is 0.494 e. The molecule has 3 rings (SSSR count). The molecule has 8 heteroatoms. The Labute approximate surface area is 128 Å². The van der Waals surface area contributed by atoms with E-state index in [0.717, 1.165) is 6.07 Å². The van der Waals surface area contributed by atoms with Crippen molar-refractivity contribution in [2.24, 2.45) is 5.73 Å². The van der Waals surface area contributed by atoms with E-state index in [2.05, 4.69) is 0 Å². The molecule has 1 atom stereocenters. The maximum atomic E-state index is 14.3. The summed E-state index contributed by atoms with van der Waals surface area (Å²) in [5.74, 6) is -3.36. The van der Waals surface area contributed by atoms with Gasteiger partial charge in [0.2, 0.25) is 5.79 Å². The van der Waals surface area contributed by atoms with Gasteiger partial charge in [-0.2, -0.15) is 0 Å². The van der Waals surface area contributed by atoms with E-state index in [0.29, 0.717) is 19.6 Å². The third-order valence-corrected chi connectivity index (χ3v) is 3.90. The number of benzene rings is 1. The topological polar surface area (TPSA) is 84.9 Å². The second kappa shape index (κ2) is 6.60. The summed E-state index contributed by atoms with van der Waals surface area (Å²) in [4.78, 5) is 0. The lowest BCUT2D eigenvalue weighted by molar-refractivity contribution is -0.187. The molecule has 1 aromatic rings. The Bertz CT molecular complexity index is 550. The Kier molecular flexibility index (Phi) is 5.19. The number of hydrogen-bond acceptors (Lipinski definition) is 5. The smallest absolute Gasteiger partial charge is 0.423 e. The molecule has 1 unspecified atom stereocenters. The molecule has 1 aliphatic heterocycles. The normalized spacial score (nSPS) is 22.0. The van der Waals surface area contributed by atoms with Gasteiger partial charge in [-0.05, 0) is 24.5 Å². The molecule has 1 saturated heterocycles.